The van der Waals surface area contributed by atoms with Crippen LogP contribution in [0.3, 0.4) is 0 Å². The summed E-state index contributed by atoms with van der Waals surface area (Å²) < 4.78 is 26.3. The molecule has 6 nitrogen and oxygen atoms in total. The lowest BCUT2D eigenvalue weighted by molar-refractivity contribution is 0.441. The van der Waals surface area contributed by atoms with Gasteiger partial charge in [-0.2, -0.15) is 0 Å². The van der Waals surface area contributed by atoms with E-state index >= 15 is 0 Å². The van der Waals surface area contributed by atoms with Gasteiger partial charge in [0.25, 0.3) is 0 Å². The van der Waals surface area contributed by atoms with Crippen LogP contribution in [0.1, 0.15) is 25.8 Å². The second-order valence-electron chi connectivity index (χ2n) is 6.36. The molecule has 1 aromatic rings. The Morgan fingerprint density at radius 1 is 1.27 bits per heavy atom. The van der Waals surface area contributed by atoms with E-state index in [0.717, 1.165) is 25.5 Å². The molecule has 0 saturated heterocycles. The summed E-state index contributed by atoms with van der Waals surface area (Å²) in [6.07, 6.45) is 3.15. The maximum atomic E-state index is 11.9. The first-order valence-electron chi connectivity index (χ1n) is 8.61. The molecule has 0 aliphatic carbocycles. The number of benzene rings is 1. The topological polar surface area (TPSA) is 73.8 Å². The van der Waals surface area contributed by atoms with Crippen molar-refractivity contribution in [1.82, 2.24) is 14.9 Å². The van der Waals surface area contributed by atoms with E-state index in [2.05, 4.69) is 50.3 Å². The predicted octanol–water partition coefficient (Wildman–Crippen LogP) is 2.30. The van der Waals surface area contributed by atoms with Gasteiger partial charge in [0.2, 0.25) is 10.0 Å². The minimum Gasteiger partial charge on any atom is -0.355 e. The highest BCUT2D eigenvalue weighted by Crippen LogP contribution is 2.21. The molecule has 8 heteroatoms. The third-order valence-corrected chi connectivity index (χ3v) is 5.51. The Hall–Kier alpha value is -1.13. The molecule has 0 bridgehead atoms. The van der Waals surface area contributed by atoms with E-state index in [4.69, 9.17) is 0 Å². The molecule has 1 aromatic carbocycles. The Balaban J connectivity index is 0.00000338. The van der Waals surface area contributed by atoms with E-state index in [0.29, 0.717) is 6.54 Å². The molecular formula is C18H29IN4O2S. The molecule has 2 rings (SSSR count). The van der Waals surface area contributed by atoms with Gasteiger partial charge in [-0.05, 0) is 31.4 Å². The smallest absolute Gasteiger partial charge is 0.213 e. The molecule has 1 aliphatic rings. The standard InChI is InChI=1S/C18H28N4O2S.HI/c1-15(2)21-25(23,24)14-11-20-18(19-3)22-12-9-17(10-13-22)16-7-5-4-6-8-16;/h4-9,15,21H,10-14H2,1-3H3,(H,19,20);1H. The first-order chi connectivity index (χ1) is 11.9. The van der Waals surface area contributed by atoms with E-state index < -0.39 is 10.0 Å². The largest absolute Gasteiger partial charge is 0.355 e. The van der Waals surface area contributed by atoms with Crippen molar-refractivity contribution in [2.75, 3.05) is 32.4 Å². The molecule has 1 aliphatic heterocycles. The van der Waals surface area contributed by atoms with Crippen LogP contribution in [0.2, 0.25) is 0 Å². The lowest BCUT2D eigenvalue weighted by Crippen LogP contribution is -2.45. The van der Waals surface area contributed by atoms with Crippen molar-refractivity contribution in [1.29, 1.82) is 0 Å². The summed E-state index contributed by atoms with van der Waals surface area (Å²) in [5, 5.41) is 3.15. The van der Waals surface area contributed by atoms with Crippen LogP contribution in [0.15, 0.2) is 41.4 Å². The number of aliphatic imine (C=N–C) groups is 1. The van der Waals surface area contributed by atoms with Gasteiger partial charge in [-0.25, -0.2) is 13.1 Å². The lowest BCUT2D eigenvalue weighted by atomic mass is 10.00. The molecule has 0 aromatic heterocycles. The molecule has 26 heavy (non-hydrogen) atoms. The number of nitrogens with zero attached hydrogens (tertiary/aromatic N) is 2. The maximum Gasteiger partial charge on any atom is 0.213 e. The van der Waals surface area contributed by atoms with Crippen LogP contribution in [-0.4, -0.2) is 57.8 Å². The third kappa shape index (κ3) is 7.24. The summed E-state index contributed by atoms with van der Waals surface area (Å²) in [5.41, 5.74) is 2.60. The maximum absolute atomic E-state index is 11.9. The van der Waals surface area contributed by atoms with Crippen LogP contribution < -0.4 is 10.0 Å². The second kappa shape index (κ2) is 10.9. The van der Waals surface area contributed by atoms with E-state index in [9.17, 15) is 8.42 Å². The molecule has 0 saturated carbocycles. The van der Waals surface area contributed by atoms with Gasteiger partial charge in [0.1, 0.15) is 0 Å². The van der Waals surface area contributed by atoms with E-state index in [1.807, 2.05) is 19.9 Å². The van der Waals surface area contributed by atoms with E-state index in [1.54, 1.807) is 7.05 Å². The van der Waals surface area contributed by atoms with E-state index in [-0.39, 0.29) is 35.8 Å². The van der Waals surface area contributed by atoms with Crippen molar-refractivity contribution in [3.63, 3.8) is 0 Å². The normalized spacial score (nSPS) is 15.5. The number of sulfonamides is 1. The predicted molar refractivity (Wildman–Crippen MR) is 119 cm³/mol. The monoisotopic (exact) mass is 492 g/mol. The third-order valence-electron chi connectivity index (χ3n) is 3.93. The Morgan fingerprint density at radius 2 is 1.96 bits per heavy atom. The number of halogens is 1. The lowest BCUT2D eigenvalue weighted by Gasteiger charge is -2.29. The summed E-state index contributed by atoms with van der Waals surface area (Å²) in [4.78, 5) is 6.41. The molecule has 1 heterocycles. The molecule has 0 atom stereocenters. The van der Waals surface area contributed by atoms with Gasteiger partial charge in [-0.1, -0.05) is 36.4 Å². The minimum atomic E-state index is -3.26. The average Bonchev–Trinajstić information content (AvgIpc) is 2.58. The number of guanidine groups is 1. The van der Waals surface area contributed by atoms with Crippen LogP contribution in [0, 0.1) is 0 Å². The summed E-state index contributed by atoms with van der Waals surface area (Å²) in [6, 6.07) is 10.3. The number of hydrogen-bond donors (Lipinski definition) is 2. The highest BCUT2D eigenvalue weighted by Gasteiger charge is 2.17. The van der Waals surface area contributed by atoms with Gasteiger partial charge in [0.15, 0.2) is 5.96 Å². The van der Waals surface area contributed by atoms with Crippen LogP contribution >= 0.6 is 24.0 Å². The summed E-state index contributed by atoms with van der Waals surface area (Å²) in [5.74, 6) is 0.770. The van der Waals surface area contributed by atoms with Crippen molar-refractivity contribution in [2.45, 2.75) is 26.3 Å². The molecule has 0 radical (unpaired) electrons. The Bertz CT molecular complexity index is 718. The Labute approximate surface area is 174 Å². The summed E-state index contributed by atoms with van der Waals surface area (Å²) in [7, 11) is -1.54. The number of nitrogens with one attached hydrogen (secondary N) is 2. The van der Waals surface area contributed by atoms with Gasteiger partial charge >= 0.3 is 0 Å². The fourth-order valence-electron chi connectivity index (χ4n) is 2.82. The van der Waals surface area contributed by atoms with E-state index in [1.165, 1.54) is 11.1 Å². The molecule has 0 fully saturated rings. The SMILES string of the molecule is CN=C(NCCS(=O)(=O)NC(C)C)N1CC=C(c2ccccc2)CC1.I. The zero-order chi connectivity index (χ0) is 18.3. The molecular weight excluding hydrogens is 463 g/mol. The van der Waals surface area contributed by atoms with Gasteiger partial charge in [0, 0.05) is 32.7 Å². The Morgan fingerprint density at radius 3 is 2.50 bits per heavy atom. The molecule has 146 valence electrons. The highest BCUT2D eigenvalue weighted by molar-refractivity contribution is 14.0. The van der Waals surface area contributed by atoms with Crippen LogP contribution in [-0.2, 0) is 10.0 Å². The van der Waals surface area contributed by atoms with Crippen molar-refractivity contribution in [3.8, 4) is 0 Å². The fourth-order valence-corrected chi connectivity index (χ4v) is 4.03. The number of hydrogen-bond acceptors (Lipinski definition) is 3. The summed E-state index contributed by atoms with van der Waals surface area (Å²) >= 11 is 0. The van der Waals surface area contributed by atoms with Crippen molar-refractivity contribution in [2.24, 2.45) is 4.99 Å². The van der Waals surface area contributed by atoms with Gasteiger partial charge in [0.05, 0.1) is 5.75 Å². The van der Waals surface area contributed by atoms with Gasteiger partial charge < -0.3 is 10.2 Å². The zero-order valence-corrected chi connectivity index (χ0v) is 18.8. The fraction of sp³-hybridized carbons (Fsp3) is 0.500. The summed E-state index contributed by atoms with van der Waals surface area (Å²) in [6.45, 7) is 5.58. The second-order valence-corrected chi connectivity index (χ2v) is 8.23. The van der Waals surface area contributed by atoms with Crippen LogP contribution in [0.5, 0.6) is 0 Å². The minimum absolute atomic E-state index is 0. The van der Waals surface area contributed by atoms with Gasteiger partial charge in [-0.3, -0.25) is 4.99 Å². The van der Waals surface area contributed by atoms with Crippen LogP contribution in [0.25, 0.3) is 5.57 Å². The first kappa shape index (κ1) is 22.9. The Kier molecular flexibility index (Phi) is 9.59. The van der Waals surface area contributed by atoms with Gasteiger partial charge in [-0.15, -0.1) is 24.0 Å². The highest BCUT2D eigenvalue weighted by atomic mass is 127. The van der Waals surface area contributed by atoms with Crippen molar-refractivity contribution >= 4 is 45.5 Å². The molecule has 2 N–H and O–H groups in total. The van der Waals surface area contributed by atoms with Crippen molar-refractivity contribution in [3.05, 3.63) is 42.0 Å². The number of rotatable bonds is 6. The molecule has 0 amide bonds. The molecule has 0 spiro atoms. The zero-order valence-electron chi connectivity index (χ0n) is 15.6. The average molecular weight is 492 g/mol. The first-order valence-corrected chi connectivity index (χ1v) is 10.3. The molecule has 0 unspecified atom stereocenters. The van der Waals surface area contributed by atoms with Crippen molar-refractivity contribution < 1.29 is 8.42 Å². The quantitative estimate of drug-likeness (QED) is 0.363. The van der Waals surface area contributed by atoms with Crippen LogP contribution in [0.4, 0.5) is 0 Å².